The van der Waals surface area contributed by atoms with Gasteiger partial charge < -0.3 is 5.11 Å². The van der Waals surface area contributed by atoms with Crippen LogP contribution >= 0.6 is 27.5 Å². The Kier molecular flexibility index (Phi) is 4.15. The van der Waals surface area contributed by atoms with Gasteiger partial charge in [-0.3, -0.25) is 0 Å². The largest absolute Gasteiger partial charge is 0.390 e. The van der Waals surface area contributed by atoms with Crippen molar-refractivity contribution in [2.24, 2.45) is 0 Å². The third kappa shape index (κ3) is 4.09. The highest BCUT2D eigenvalue weighted by atomic mass is 79.9. The number of hydrogen-bond donors (Lipinski definition) is 1. The van der Waals surface area contributed by atoms with E-state index in [0.29, 0.717) is 27.9 Å². The third-order valence-electron chi connectivity index (χ3n) is 2.10. The normalized spacial score (nSPS) is 11.9. The second-order valence-electron chi connectivity index (χ2n) is 4.17. The highest BCUT2D eigenvalue weighted by molar-refractivity contribution is 9.10. The van der Waals surface area contributed by atoms with Crippen molar-refractivity contribution in [2.75, 3.05) is 0 Å². The van der Waals surface area contributed by atoms with Crippen molar-refractivity contribution in [3.63, 3.8) is 0 Å². The van der Waals surface area contributed by atoms with E-state index in [9.17, 15) is 9.50 Å². The summed E-state index contributed by atoms with van der Waals surface area (Å²) in [5.74, 6) is -0.296. The van der Waals surface area contributed by atoms with E-state index in [1.54, 1.807) is 19.9 Å². The third-order valence-corrected chi connectivity index (χ3v) is 3.29. The Balaban J connectivity index is 2.82. The van der Waals surface area contributed by atoms with Crippen LogP contribution in [0.15, 0.2) is 16.6 Å². The summed E-state index contributed by atoms with van der Waals surface area (Å²) >= 11 is 9.01. The minimum Gasteiger partial charge on any atom is -0.390 e. The molecule has 0 radical (unpaired) electrons. The predicted molar refractivity (Wildman–Crippen MR) is 63.7 cm³/mol. The van der Waals surface area contributed by atoms with Crippen molar-refractivity contribution in [1.82, 2.24) is 0 Å². The fourth-order valence-corrected chi connectivity index (χ4v) is 1.70. The van der Waals surface area contributed by atoms with Gasteiger partial charge in [0, 0.05) is 4.47 Å². The Bertz CT molecular complexity index is 360. The average molecular weight is 296 g/mol. The van der Waals surface area contributed by atoms with Crippen LogP contribution in [-0.4, -0.2) is 10.7 Å². The van der Waals surface area contributed by atoms with Gasteiger partial charge in [-0.25, -0.2) is 4.39 Å². The molecule has 0 amide bonds. The SMILES string of the molecule is CC(C)(O)CCc1cc(Cl)c(Br)cc1F. The van der Waals surface area contributed by atoms with Gasteiger partial charge in [-0.05, 0) is 60.3 Å². The summed E-state index contributed by atoms with van der Waals surface area (Å²) in [6.45, 7) is 3.40. The molecule has 0 aliphatic rings. The van der Waals surface area contributed by atoms with Gasteiger partial charge in [0.05, 0.1) is 10.6 Å². The highest BCUT2D eigenvalue weighted by Gasteiger charge is 2.14. The maximum absolute atomic E-state index is 13.4. The predicted octanol–water partition coefficient (Wildman–Crippen LogP) is 3.95. The van der Waals surface area contributed by atoms with Gasteiger partial charge in [-0.15, -0.1) is 0 Å². The van der Waals surface area contributed by atoms with Crippen molar-refractivity contribution in [1.29, 1.82) is 0 Å². The van der Waals surface area contributed by atoms with Crippen LogP contribution in [-0.2, 0) is 6.42 Å². The first-order valence-corrected chi connectivity index (χ1v) is 5.82. The van der Waals surface area contributed by atoms with Gasteiger partial charge in [0.15, 0.2) is 0 Å². The zero-order valence-electron chi connectivity index (χ0n) is 8.65. The molecule has 0 bridgehead atoms. The standard InChI is InChI=1S/C11H13BrClFO/c1-11(2,15)4-3-7-5-9(13)8(12)6-10(7)14/h5-6,15H,3-4H2,1-2H3. The number of hydrogen-bond acceptors (Lipinski definition) is 1. The molecule has 1 aromatic carbocycles. The highest BCUT2D eigenvalue weighted by Crippen LogP contribution is 2.27. The number of aliphatic hydroxyl groups is 1. The molecule has 0 atom stereocenters. The van der Waals surface area contributed by atoms with Crippen molar-refractivity contribution in [3.05, 3.63) is 33.0 Å². The number of benzene rings is 1. The minimum atomic E-state index is -0.786. The van der Waals surface area contributed by atoms with E-state index in [4.69, 9.17) is 11.6 Å². The molecule has 0 aliphatic carbocycles. The Labute approximate surface area is 102 Å². The molecule has 0 fully saturated rings. The van der Waals surface area contributed by atoms with Crippen LogP contribution in [0.25, 0.3) is 0 Å². The molecule has 0 saturated heterocycles. The van der Waals surface area contributed by atoms with Crippen LogP contribution in [0.1, 0.15) is 25.8 Å². The van der Waals surface area contributed by atoms with E-state index < -0.39 is 5.60 Å². The monoisotopic (exact) mass is 294 g/mol. The molecule has 1 aromatic rings. The van der Waals surface area contributed by atoms with Gasteiger partial charge in [-0.1, -0.05) is 11.6 Å². The first kappa shape index (κ1) is 12.9. The van der Waals surface area contributed by atoms with Gasteiger partial charge in [-0.2, -0.15) is 0 Å². The molecule has 0 spiro atoms. The van der Waals surface area contributed by atoms with Gasteiger partial charge >= 0.3 is 0 Å². The molecular formula is C11H13BrClFO. The van der Waals surface area contributed by atoms with E-state index >= 15 is 0 Å². The van der Waals surface area contributed by atoms with E-state index in [2.05, 4.69) is 15.9 Å². The van der Waals surface area contributed by atoms with E-state index in [0.717, 1.165) is 0 Å². The van der Waals surface area contributed by atoms with Crippen molar-refractivity contribution >= 4 is 27.5 Å². The lowest BCUT2D eigenvalue weighted by Gasteiger charge is -2.17. The Morgan fingerprint density at radius 3 is 2.60 bits per heavy atom. The van der Waals surface area contributed by atoms with E-state index in [-0.39, 0.29) is 5.82 Å². The number of halogens is 3. The fourth-order valence-electron chi connectivity index (χ4n) is 1.20. The molecule has 1 rings (SSSR count). The van der Waals surface area contributed by atoms with E-state index in [1.807, 2.05) is 0 Å². The molecule has 0 aromatic heterocycles. The van der Waals surface area contributed by atoms with Crippen molar-refractivity contribution in [3.8, 4) is 0 Å². The maximum Gasteiger partial charge on any atom is 0.127 e. The average Bonchev–Trinajstić information content (AvgIpc) is 2.07. The molecule has 0 unspecified atom stereocenters. The molecular weight excluding hydrogens is 282 g/mol. The van der Waals surface area contributed by atoms with Gasteiger partial charge in [0.1, 0.15) is 5.82 Å². The summed E-state index contributed by atoms with van der Waals surface area (Å²) in [6, 6.07) is 2.94. The van der Waals surface area contributed by atoms with Gasteiger partial charge in [0.25, 0.3) is 0 Å². The summed E-state index contributed by atoms with van der Waals surface area (Å²) in [6.07, 6.45) is 0.976. The Morgan fingerprint density at radius 1 is 1.47 bits per heavy atom. The molecule has 84 valence electrons. The summed E-state index contributed by atoms with van der Waals surface area (Å²) in [5, 5.41) is 10.0. The molecule has 1 nitrogen and oxygen atoms in total. The first-order chi connectivity index (χ1) is 6.79. The lowest BCUT2D eigenvalue weighted by molar-refractivity contribution is 0.0712. The summed E-state index contributed by atoms with van der Waals surface area (Å²) in [4.78, 5) is 0. The Hall–Kier alpha value is -0.120. The van der Waals surface area contributed by atoms with Crippen LogP contribution in [0.2, 0.25) is 5.02 Å². The lowest BCUT2D eigenvalue weighted by atomic mass is 9.99. The minimum absolute atomic E-state index is 0.296. The molecule has 15 heavy (non-hydrogen) atoms. The van der Waals surface area contributed by atoms with Crippen LogP contribution in [0.5, 0.6) is 0 Å². The van der Waals surface area contributed by atoms with Crippen LogP contribution in [0.4, 0.5) is 4.39 Å². The summed E-state index contributed by atoms with van der Waals surface area (Å²) in [7, 11) is 0. The van der Waals surface area contributed by atoms with Crippen LogP contribution in [0, 0.1) is 5.82 Å². The number of rotatable bonds is 3. The van der Waals surface area contributed by atoms with E-state index in [1.165, 1.54) is 6.07 Å². The van der Waals surface area contributed by atoms with Crippen LogP contribution < -0.4 is 0 Å². The van der Waals surface area contributed by atoms with Crippen molar-refractivity contribution < 1.29 is 9.50 Å². The van der Waals surface area contributed by atoms with Crippen LogP contribution in [0.3, 0.4) is 0 Å². The van der Waals surface area contributed by atoms with Crippen molar-refractivity contribution in [2.45, 2.75) is 32.3 Å². The number of aryl methyl sites for hydroxylation is 1. The second-order valence-corrected chi connectivity index (χ2v) is 5.43. The second kappa shape index (κ2) is 4.81. The zero-order chi connectivity index (χ0) is 11.6. The molecule has 0 aliphatic heterocycles. The fraction of sp³-hybridized carbons (Fsp3) is 0.455. The topological polar surface area (TPSA) is 20.2 Å². The van der Waals surface area contributed by atoms with Gasteiger partial charge in [0.2, 0.25) is 0 Å². The first-order valence-electron chi connectivity index (χ1n) is 4.65. The quantitative estimate of drug-likeness (QED) is 0.837. The smallest absolute Gasteiger partial charge is 0.127 e. The lowest BCUT2D eigenvalue weighted by Crippen LogP contribution is -2.19. The summed E-state index contributed by atoms with van der Waals surface area (Å²) < 4.78 is 14.0. The molecule has 0 saturated carbocycles. The molecule has 4 heteroatoms. The summed E-state index contributed by atoms with van der Waals surface area (Å²) in [5.41, 5.74) is -0.253. The molecule has 0 heterocycles. The maximum atomic E-state index is 13.4. The zero-order valence-corrected chi connectivity index (χ0v) is 11.0. The molecule has 1 N–H and O–H groups in total. The Morgan fingerprint density at radius 2 is 2.07 bits per heavy atom.